The number of hydrogen-bond donors (Lipinski definition) is 1. The van der Waals surface area contributed by atoms with Crippen LogP contribution in [0.15, 0.2) is 30.9 Å². The molecule has 1 aliphatic rings. The molecular formula is C19H18FN7O. The van der Waals surface area contributed by atoms with Gasteiger partial charge in [0, 0.05) is 54.7 Å². The van der Waals surface area contributed by atoms with Crippen LogP contribution in [0, 0.1) is 12.7 Å². The van der Waals surface area contributed by atoms with Crippen LogP contribution in [-0.2, 0) is 20.0 Å². The molecule has 5 rings (SSSR count). The second-order valence-electron chi connectivity index (χ2n) is 6.78. The molecule has 0 aliphatic carbocycles. The van der Waals surface area contributed by atoms with Crippen molar-refractivity contribution in [2.75, 3.05) is 11.9 Å². The number of aryl methyl sites for hydroxylation is 2. The molecule has 8 nitrogen and oxygen atoms in total. The van der Waals surface area contributed by atoms with Crippen LogP contribution in [0.5, 0.6) is 5.75 Å². The average molecular weight is 379 g/mol. The van der Waals surface area contributed by atoms with Gasteiger partial charge in [-0.1, -0.05) is 0 Å². The maximum absolute atomic E-state index is 14.4. The zero-order chi connectivity index (χ0) is 19.3. The Bertz CT molecular complexity index is 1200. The van der Waals surface area contributed by atoms with E-state index in [0.29, 0.717) is 36.7 Å². The number of halogens is 1. The van der Waals surface area contributed by atoms with Crippen LogP contribution >= 0.6 is 0 Å². The molecule has 142 valence electrons. The molecule has 0 spiro atoms. The van der Waals surface area contributed by atoms with Gasteiger partial charge in [0.15, 0.2) is 5.65 Å². The van der Waals surface area contributed by atoms with Crippen LogP contribution < -0.4 is 10.1 Å². The summed E-state index contributed by atoms with van der Waals surface area (Å²) < 4.78 is 23.4. The highest BCUT2D eigenvalue weighted by atomic mass is 19.1. The first kappa shape index (κ1) is 16.7. The standard InChI is InChI=1S/C19H18FN7O/c1-11-15(9-26(2)25-11)14-8-22-19(27-10-23-24-18(14)27)21-7-13-12-5-6-28-17(12)4-3-16(13)20/h3-4,8-10H,5-7H2,1-2H3,(H,21,22). The minimum atomic E-state index is -0.251. The number of rotatable bonds is 4. The average Bonchev–Trinajstić information content (AvgIpc) is 3.40. The fraction of sp³-hybridized carbons (Fsp3) is 0.263. The fourth-order valence-corrected chi connectivity index (χ4v) is 3.68. The summed E-state index contributed by atoms with van der Waals surface area (Å²) in [6.45, 7) is 2.82. The van der Waals surface area contributed by atoms with Gasteiger partial charge in [0.1, 0.15) is 17.9 Å². The normalized spacial score (nSPS) is 13.0. The Morgan fingerprint density at radius 1 is 1.29 bits per heavy atom. The SMILES string of the molecule is Cc1nn(C)cc1-c1cnc(NCc2c(F)ccc3c2CCO3)n2cnnc12. The van der Waals surface area contributed by atoms with Gasteiger partial charge >= 0.3 is 0 Å². The number of nitrogens with one attached hydrogen (secondary N) is 1. The van der Waals surface area contributed by atoms with Crippen molar-refractivity contribution in [1.82, 2.24) is 29.4 Å². The number of nitrogens with zero attached hydrogens (tertiary/aromatic N) is 6. The van der Waals surface area contributed by atoms with E-state index >= 15 is 0 Å². The zero-order valence-electron chi connectivity index (χ0n) is 15.5. The van der Waals surface area contributed by atoms with Gasteiger partial charge in [-0.05, 0) is 19.1 Å². The molecule has 0 bridgehead atoms. The van der Waals surface area contributed by atoms with E-state index in [4.69, 9.17) is 4.74 Å². The second-order valence-corrected chi connectivity index (χ2v) is 6.78. The van der Waals surface area contributed by atoms with E-state index in [1.54, 1.807) is 27.7 Å². The lowest BCUT2D eigenvalue weighted by atomic mass is 10.0. The number of anilines is 1. The minimum absolute atomic E-state index is 0.251. The van der Waals surface area contributed by atoms with Crippen LogP contribution in [0.3, 0.4) is 0 Å². The maximum atomic E-state index is 14.4. The summed E-state index contributed by atoms with van der Waals surface area (Å²) in [7, 11) is 1.87. The third kappa shape index (κ3) is 2.58. The quantitative estimate of drug-likeness (QED) is 0.587. The van der Waals surface area contributed by atoms with E-state index in [-0.39, 0.29) is 5.82 Å². The molecule has 1 aromatic carbocycles. The summed E-state index contributed by atoms with van der Waals surface area (Å²) >= 11 is 0. The van der Waals surface area contributed by atoms with Crippen molar-refractivity contribution >= 4 is 11.6 Å². The smallest absolute Gasteiger partial charge is 0.210 e. The van der Waals surface area contributed by atoms with Crippen LogP contribution in [0.25, 0.3) is 16.8 Å². The van der Waals surface area contributed by atoms with E-state index in [9.17, 15) is 4.39 Å². The number of hydrogen-bond acceptors (Lipinski definition) is 6. The Kier molecular flexibility index (Phi) is 3.75. The lowest BCUT2D eigenvalue weighted by molar-refractivity contribution is 0.356. The van der Waals surface area contributed by atoms with Crippen LogP contribution in [-0.4, -0.2) is 36.0 Å². The Labute approximate surface area is 160 Å². The zero-order valence-corrected chi connectivity index (χ0v) is 15.5. The molecule has 0 saturated heterocycles. The van der Waals surface area contributed by atoms with Crippen LogP contribution in [0.4, 0.5) is 10.3 Å². The van der Waals surface area contributed by atoms with Crippen molar-refractivity contribution in [3.63, 3.8) is 0 Å². The first-order valence-corrected chi connectivity index (χ1v) is 8.98. The highest BCUT2D eigenvalue weighted by Crippen LogP contribution is 2.31. The Morgan fingerprint density at radius 2 is 2.18 bits per heavy atom. The van der Waals surface area contributed by atoms with Crippen molar-refractivity contribution in [3.8, 4) is 16.9 Å². The summed E-state index contributed by atoms with van der Waals surface area (Å²) in [6, 6.07) is 3.12. The van der Waals surface area contributed by atoms with Gasteiger partial charge in [-0.15, -0.1) is 10.2 Å². The molecular weight excluding hydrogens is 361 g/mol. The molecule has 0 atom stereocenters. The summed E-state index contributed by atoms with van der Waals surface area (Å²) in [4.78, 5) is 4.53. The van der Waals surface area contributed by atoms with Gasteiger partial charge in [0.05, 0.1) is 12.3 Å². The number of fused-ring (bicyclic) bond motifs is 2. The van der Waals surface area contributed by atoms with Crippen molar-refractivity contribution in [2.45, 2.75) is 19.9 Å². The molecule has 0 fully saturated rings. The van der Waals surface area contributed by atoms with Crippen molar-refractivity contribution < 1.29 is 9.13 Å². The third-order valence-corrected chi connectivity index (χ3v) is 5.00. The van der Waals surface area contributed by atoms with Gasteiger partial charge < -0.3 is 10.1 Å². The Morgan fingerprint density at radius 3 is 3.00 bits per heavy atom. The monoisotopic (exact) mass is 379 g/mol. The molecule has 1 aliphatic heterocycles. The largest absolute Gasteiger partial charge is 0.493 e. The van der Waals surface area contributed by atoms with E-state index in [2.05, 4.69) is 25.6 Å². The van der Waals surface area contributed by atoms with Gasteiger partial charge in [-0.3, -0.25) is 9.08 Å². The maximum Gasteiger partial charge on any atom is 0.210 e. The number of benzene rings is 1. The minimum Gasteiger partial charge on any atom is -0.493 e. The molecule has 0 saturated carbocycles. The number of aromatic nitrogens is 6. The summed E-state index contributed by atoms with van der Waals surface area (Å²) in [5, 5.41) is 15.9. The van der Waals surface area contributed by atoms with Crippen molar-refractivity contribution in [1.29, 1.82) is 0 Å². The van der Waals surface area contributed by atoms with E-state index in [0.717, 1.165) is 28.1 Å². The first-order chi connectivity index (χ1) is 13.6. The fourth-order valence-electron chi connectivity index (χ4n) is 3.68. The summed E-state index contributed by atoms with van der Waals surface area (Å²) in [6.07, 6.45) is 5.97. The van der Waals surface area contributed by atoms with Gasteiger partial charge in [-0.2, -0.15) is 5.10 Å². The third-order valence-electron chi connectivity index (χ3n) is 5.00. The van der Waals surface area contributed by atoms with E-state index < -0.39 is 0 Å². The van der Waals surface area contributed by atoms with Crippen molar-refractivity contribution in [2.24, 2.45) is 7.05 Å². The molecule has 3 aromatic heterocycles. The van der Waals surface area contributed by atoms with Crippen LogP contribution in [0.1, 0.15) is 16.8 Å². The highest BCUT2D eigenvalue weighted by Gasteiger charge is 2.20. The van der Waals surface area contributed by atoms with Crippen molar-refractivity contribution in [3.05, 3.63) is 53.5 Å². The Hall–Kier alpha value is -3.49. The van der Waals surface area contributed by atoms with Gasteiger partial charge in [0.2, 0.25) is 5.95 Å². The molecule has 28 heavy (non-hydrogen) atoms. The molecule has 4 aromatic rings. The highest BCUT2D eigenvalue weighted by molar-refractivity contribution is 5.78. The van der Waals surface area contributed by atoms with Gasteiger partial charge in [0.25, 0.3) is 0 Å². The predicted octanol–water partition coefficient (Wildman–Crippen LogP) is 2.52. The Balaban J connectivity index is 1.50. The molecule has 0 amide bonds. The lowest BCUT2D eigenvalue weighted by Gasteiger charge is -2.12. The van der Waals surface area contributed by atoms with Gasteiger partial charge in [-0.25, -0.2) is 9.37 Å². The predicted molar refractivity (Wildman–Crippen MR) is 101 cm³/mol. The molecule has 9 heteroatoms. The molecule has 4 heterocycles. The second kappa shape index (κ2) is 6.29. The molecule has 0 radical (unpaired) electrons. The summed E-state index contributed by atoms with van der Waals surface area (Å²) in [5.41, 5.74) is 4.85. The van der Waals surface area contributed by atoms with E-state index in [1.165, 1.54) is 6.07 Å². The molecule has 1 N–H and O–H groups in total. The van der Waals surface area contributed by atoms with E-state index in [1.807, 2.05) is 20.2 Å². The lowest BCUT2D eigenvalue weighted by Crippen LogP contribution is -2.09. The molecule has 0 unspecified atom stereocenters. The van der Waals surface area contributed by atoms with Crippen LogP contribution in [0.2, 0.25) is 0 Å². The number of ether oxygens (including phenoxy) is 1. The topological polar surface area (TPSA) is 82.2 Å². The summed E-state index contributed by atoms with van der Waals surface area (Å²) in [5.74, 6) is 1.04. The first-order valence-electron chi connectivity index (χ1n) is 8.98.